The average Bonchev–Trinajstić information content (AvgIpc) is 4.03. The molecular formula is C59H41NO. The van der Waals surface area contributed by atoms with Gasteiger partial charge in [-0.1, -0.05) is 188 Å². The molecule has 2 heteroatoms. The number of furan rings is 1. The zero-order valence-electron chi connectivity index (χ0n) is 33.8. The fourth-order valence-electron chi connectivity index (χ4n) is 11.0. The van der Waals surface area contributed by atoms with E-state index >= 15 is 0 Å². The summed E-state index contributed by atoms with van der Waals surface area (Å²) in [4.78, 5) is 2.46. The lowest BCUT2D eigenvalue weighted by molar-refractivity contribution is 0.613. The highest BCUT2D eigenvalue weighted by Crippen LogP contribution is 2.59. The summed E-state index contributed by atoms with van der Waals surface area (Å²) in [5.74, 6) is 0. The second-order valence-corrected chi connectivity index (χ2v) is 16.4. The first-order valence-corrected chi connectivity index (χ1v) is 21.2. The molecule has 1 heterocycles. The van der Waals surface area contributed by atoms with Crippen LogP contribution in [0.5, 0.6) is 0 Å². The Hall–Kier alpha value is -7.68. The van der Waals surface area contributed by atoms with E-state index < -0.39 is 10.8 Å². The monoisotopic (exact) mass is 779 g/mol. The van der Waals surface area contributed by atoms with Gasteiger partial charge in [-0.05, 0) is 116 Å². The van der Waals surface area contributed by atoms with Gasteiger partial charge in [-0.15, -0.1) is 0 Å². The van der Waals surface area contributed by atoms with Gasteiger partial charge in [0.25, 0.3) is 0 Å². The Morgan fingerprint density at radius 1 is 0.361 bits per heavy atom. The van der Waals surface area contributed by atoms with E-state index in [2.05, 4.69) is 236 Å². The van der Waals surface area contributed by atoms with Crippen molar-refractivity contribution in [1.82, 2.24) is 0 Å². The van der Waals surface area contributed by atoms with Crippen LogP contribution in [-0.4, -0.2) is 0 Å². The quantitative estimate of drug-likeness (QED) is 0.160. The first kappa shape index (κ1) is 35.3. The molecule has 288 valence electrons. The number of aryl methyl sites for hydroxylation is 1. The summed E-state index contributed by atoms with van der Waals surface area (Å²) in [7, 11) is 0. The Morgan fingerprint density at radius 3 is 1.20 bits per heavy atom. The fourth-order valence-corrected chi connectivity index (χ4v) is 11.0. The molecule has 0 radical (unpaired) electrons. The van der Waals surface area contributed by atoms with Crippen LogP contribution in [0.3, 0.4) is 0 Å². The third-order valence-electron chi connectivity index (χ3n) is 13.4. The van der Waals surface area contributed by atoms with Crippen LogP contribution >= 0.6 is 0 Å². The molecule has 0 amide bonds. The lowest BCUT2D eigenvalue weighted by Crippen LogP contribution is -2.29. The Labute approximate surface area is 356 Å². The highest BCUT2D eigenvalue weighted by molar-refractivity contribution is 6.00. The standard InChI is InChI=1S/C59H41NO/c1-40-30-35-56(51-36-37-61-57(40)51)60(45-31-33-49-47-26-14-16-28-52(47)58(54(49)38-45,41-18-6-2-7-19-41)42-20-8-3-9-21-42)46-32-34-50-48-27-15-17-29-53(48)59(55(50)39-46,43-22-10-4-11-23-43)44-24-12-5-13-25-44/h2-39H,1H3. The largest absolute Gasteiger partial charge is 0.464 e. The molecule has 0 N–H and O–H groups in total. The molecule has 0 aliphatic heterocycles. The van der Waals surface area contributed by atoms with Crippen molar-refractivity contribution in [2.24, 2.45) is 0 Å². The molecule has 9 aromatic carbocycles. The Bertz CT molecular complexity index is 3000. The summed E-state index contributed by atoms with van der Waals surface area (Å²) < 4.78 is 6.21. The number of hydrogen-bond donors (Lipinski definition) is 0. The highest BCUT2D eigenvalue weighted by Gasteiger charge is 2.48. The topological polar surface area (TPSA) is 16.4 Å². The van der Waals surface area contributed by atoms with E-state index in [1.807, 2.05) is 6.26 Å². The van der Waals surface area contributed by atoms with Gasteiger partial charge in [0, 0.05) is 16.8 Å². The fraction of sp³-hybridized carbons (Fsp3) is 0.0508. The van der Waals surface area contributed by atoms with Crippen LogP contribution in [0.25, 0.3) is 33.2 Å². The lowest BCUT2D eigenvalue weighted by atomic mass is 9.67. The van der Waals surface area contributed by atoms with Crippen LogP contribution in [0.1, 0.15) is 50.1 Å². The molecule has 0 saturated heterocycles. The van der Waals surface area contributed by atoms with Crippen LogP contribution < -0.4 is 4.90 Å². The molecule has 2 aliphatic rings. The van der Waals surface area contributed by atoms with Crippen LogP contribution in [0, 0.1) is 6.92 Å². The minimum Gasteiger partial charge on any atom is -0.464 e. The second-order valence-electron chi connectivity index (χ2n) is 16.4. The zero-order chi connectivity index (χ0) is 40.5. The third kappa shape index (κ3) is 4.97. The van der Waals surface area contributed by atoms with Crippen molar-refractivity contribution < 1.29 is 4.42 Å². The SMILES string of the molecule is Cc1ccc(N(c2ccc3c(c2)C(c2ccccc2)(c2ccccc2)c2ccccc2-3)c2ccc3c(c2)C(c2ccccc2)(c2ccccc2)c2ccccc2-3)c2ccoc12. The van der Waals surface area contributed by atoms with E-state index in [1.54, 1.807) is 0 Å². The number of fused-ring (bicyclic) bond motifs is 7. The van der Waals surface area contributed by atoms with Gasteiger partial charge in [-0.2, -0.15) is 0 Å². The Morgan fingerprint density at radius 2 is 0.754 bits per heavy atom. The molecule has 0 spiro atoms. The van der Waals surface area contributed by atoms with Gasteiger partial charge in [-0.3, -0.25) is 0 Å². The summed E-state index contributed by atoms with van der Waals surface area (Å²) in [6.07, 6.45) is 1.82. The van der Waals surface area contributed by atoms with Gasteiger partial charge in [0.1, 0.15) is 5.58 Å². The van der Waals surface area contributed by atoms with Gasteiger partial charge in [0.15, 0.2) is 0 Å². The summed E-state index contributed by atoms with van der Waals surface area (Å²) in [6, 6.07) is 83.0. The number of nitrogens with zero attached hydrogens (tertiary/aromatic N) is 1. The van der Waals surface area contributed by atoms with Crippen LogP contribution in [-0.2, 0) is 10.8 Å². The highest BCUT2D eigenvalue weighted by atomic mass is 16.3. The van der Waals surface area contributed by atoms with Gasteiger partial charge < -0.3 is 9.32 Å². The van der Waals surface area contributed by atoms with E-state index in [0.717, 1.165) is 33.6 Å². The molecule has 0 bridgehead atoms. The number of rotatable bonds is 7. The molecule has 61 heavy (non-hydrogen) atoms. The van der Waals surface area contributed by atoms with Crippen molar-refractivity contribution in [2.75, 3.05) is 4.90 Å². The third-order valence-corrected chi connectivity index (χ3v) is 13.4. The zero-order valence-corrected chi connectivity index (χ0v) is 33.8. The maximum atomic E-state index is 6.21. The van der Waals surface area contributed by atoms with Gasteiger partial charge in [0.2, 0.25) is 0 Å². The molecule has 0 saturated carbocycles. The van der Waals surface area contributed by atoms with Crippen LogP contribution in [0.4, 0.5) is 17.1 Å². The van der Waals surface area contributed by atoms with Crippen LogP contribution in [0.15, 0.2) is 235 Å². The Balaban J connectivity index is 1.16. The van der Waals surface area contributed by atoms with Crippen molar-refractivity contribution in [3.63, 3.8) is 0 Å². The van der Waals surface area contributed by atoms with E-state index in [9.17, 15) is 0 Å². The normalized spacial score (nSPS) is 13.9. The van der Waals surface area contributed by atoms with Gasteiger partial charge in [0.05, 0.1) is 22.8 Å². The molecule has 12 rings (SSSR count). The lowest BCUT2D eigenvalue weighted by Gasteiger charge is -2.36. The second kappa shape index (κ2) is 13.7. The Kier molecular flexibility index (Phi) is 7.92. The maximum absolute atomic E-state index is 6.21. The summed E-state index contributed by atoms with van der Waals surface area (Å²) in [5.41, 5.74) is 19.3. The van der Waals surface area contributed by atoms with E-state index in [0.29, 0.717) is 0 Å². The van der Waals surface area contributed by atoms with Crippen molar-refractivity contribution in [3.8, 4) is 22.3 Å². The summed E-state index contributed by atoms with van der Waals surface area (Å²) in [5, 5.41) is 1.07. The molecule has 2 nitrogen and oxygen atoms in total. The maximum Gasteiger partial charge on any atom is 0.138 e. The van der Waals surface area contributed by atoms with Crippen molar-refractivity contribution in [1.29, 1.82) is 0 Å². The van der Waals surface area contributed by atoms with Gasteiger partial charge >= 0.3 is 0 Å². The molecule has 10 aromatic rings. The van der Waals surface area contributed by atoms with Crippen molar-refractivity contribution in [3.05, 3.63) is 281 Å². The number of anilines is 3. The van der Waals surface area contributed by atoms with E-state index in [1.165, 1.54) is 66.8 Å². The van der Waals surface area contributed by atoms with Crippen molar-refractivity contribution in [2.45, 2.75) is 17.8 Å². The first-order chi connectivity index (χ1) is 30.2. The average molecular weight is 780 g/mol. The minimum atomic E-state index is -0.538. The molecule has 1 aromatic heterocycles. The van der Waals surface area contributed by atoms with Crippen LogP contribution in [0.2, 0.25) is 0 Å². The summed E-state index contributed by atoms with van der Waals surface area (Å²) >= 11 is 0. The minimum absolute atomic E-state index is 0.538. The molecular weight excluding hydrogens is 739 g/mol. The number of benzene rings is 9. The predicted molar refractivity (Wildman–Crippen MR) is 250 cm³/mol. The van der Waals surface area contributed by atoms with Crippen molar-refractivity contribution >= 4 is 28.0 Å². The first-order valence-electron chi connectivity index (χ1n) is 21.2. The molecule has 0 fully saturated rings. The molecule has 0 atom stereocenters. The number of hydrogen-bond acceptors (Lipinski definition) is 2. The van der Waals surface area contributed by atoms with E-state index in [-0.39, 0.29) is 0 Å². The molecule has 2 aliphatic carbocycles. The van der Waals surface area contributed by atoms with Gasteiger partial charge in [-0.25, -0.2) is 0 Å². The summed E-state index contributed by atoms with van der Waals surface area (Å²) in [6.45, 7) is 2.13. The molecule has 0 unspecified atom stereocenters. The van der Waals surface area contributed by atoms with E-state index in [4.69, 9.17) is 4.42 Å². The smallest absolute Gasteiger partial charge is 0.138 e. The predicted octanol–water partition coefficient (Wildman–Crippen LogP) is 14.9.